The van der Waals surface area contributed by atoms with E-state index in [2.05, 4.69) is 5.32 Å². The Balaban J connectivity index is 1.37. The van der Waals surface area contributed by atoms with E-state index < -0.39 is 29.3 Å². The van der Waals surface area contributed by atoms with Crippen LogP contribution in [0.2, 0.25) is 0 Å². The molecule has 0 aliphatic rings. The molecule has 0 saturated carbocycles. The standard InChI is InChI=1S/C30H28N2O9/c1-19-9-10-23(15-20(19)2)26(33)17-40-29(36)8-4-7-28(35)31-24-13-11-21(12-14-24)30(37)41-18-27(34)22-5-3-6-25(16-22)32(38)39/h3,5-6,9-16H,4,7-8,17-18H2,1-2H3,(H,31,35). The first-order chi connectivity index (χ1) is 19.5. The van der Waals surface area contributed by atoms with E-state index in [0.29, 0.717) is 11.3 Å². The number of benzene rings is 3. The summed E-state index contributed by atoms with van der Waals surface area (Å²) < 4.78 is 10.0. The lowest BCUT2D eigenvalue weighted by Gasteiger charge is -2.08. The fraction of sp³-hybridized carbons (Fsp3) is 0.233. The minimum absolute atomic E-state index is 0.0315. The van der Waals surface area contributed by atoms with Crippen molar-refractivity contribution >= 4 is 40.8 Å². The summed E-state index contributed by atoms with van der Waals surface area (Å²) in [5.41, 5.74) is 2.82. The van der Waals surface area contributed by atoms with Gasteiger partial charge >= 0.3 is 11.9 Å². The number of carbonyl (C=O) groups excluding carboxylic acids is 5. The van der Waals surface area contributed by atoms with Crippen molar-refractivity contribution in [1.82, 2.24) is 0 Å². The second-order valence-electron chi connectivity index (χ2n) is 9.17. The van der Waals surface area contributed by atoms with Crippen LogP contribution in [-0.2, 0) is 19.1 Å². The van der Waals surface area contributed by atoms with Gasteiger partial charge in [-0.3, -0.25) is 29.3 Å². The number of anilines is 1. The molecule has 3 rings (SSSR count). The van der Waals surface area contributed by atoms with Gasteiger partial charge in [0.25, 0.3) is 5.69 Å². The van der Waals surface area contributed by atoms with E-state index in [1.54, 1.807) is 12.1 Å². The Morgan fingerprint density at radius 1 is 0.756 bits per heavy atom. The molecule has 0 fully saturated rings. The molecule has 0 aromatic heterocycles. The maximum Gasteiger partial charge on any atom is 0.338 e. The van der Waals surface area contributed by atoms with Gasteiger partial charge in [0.2, 0.25) is 11.7 Å². The van der Waals surface area contributed by atoms with E-state index >= 15 is 0 Å². The number of nitro benzene ring substituents is 1. The molecule has 0 bridgehead atoms. The highest BCUT2D eigenvalue weighted by Crippen LogP contribution is 2.15. The number of Topliss-reactive ketones (excluding diaryl/α,β-unsaturated/α-hetero) is 2. The summed E-state index contributed by atoms with van der Waals surface area (Å²) in [6.07, 6.45) is 0.211. The Labute approximate surface area is 235 Å². The van der Waals surface area contributed by atoms with Crippen LogP contribution in [0.5, 0.6) is 0 Å². The molecule has 0 spiro atoms. The molecule has 0 unspecified atom stereocenters. The van der Waals surface area contributed by atoms with E-state index in [4.69, 9.17) is 9.47 Å². The summed E-state index contributed by atoms with van der Waals surface area (Å²) in [4.78, 5) is 71.1. The first-order valence-electron chi connectivity index (χ1n) is 12.6. The molecule has 0 atom stereocenters. The molecule has 11 heteroatoms. The maximum atomic E-state index is 12.3. The number of non-ortho nitro benzene ring substituents is 1. The van der Waals surface area contributed by atoms with Gasteiger partial charge in [-0.1, -0.05) is 24.3 Å². The van der Waals surface area contributed by atoms with E-state index in [1.807, 2.05) is 19.9 Å². The SMILES string of the molecule is Cc1ccc(C(=O)COC(=O)CCCC(=O)Nc2ccc(C(=O)OCC(=O)c3cccc([N+](=O)[O-])c3)cc2)cc1C. The summed E-state index contributed by atoms with van der Waals surface area (Å²) >= 11 is 0. The predicted molar refractivity (Wildman–Crippen MR) is 148 cm³/mol. The van der Waals surface area contributed by atoms with E-state index in [0.717, 1.165) is 17.2 Å². The number of ketones is 2. The smallest absolute Gasteiger partial charge is 0.338 e. The van der Waals surface area contributed by atoms with Crippen LogP contribution in [0.25, 0.3) is 0 Å². The normalized spacial score (nSPS) is 10.4. The molecule has 1 amide bonds. The van der Waals surface area contributed by atoms with Crippen molar-refractivity contribution in [3.63, 3.8) is 0 Å². The quantitative estimate of drug-likeness (QED) is 0.134. The number of hydrogen-bond acceptors (Lipinski definition) is 9. The van der Waals surface area contributed by atoms with Crippen molar-refractivity contribution in [2.45, 2.75) is 33.1 Å². The van der Waals surface area contributed by atoms with Gasteiger partial charge in [0.05, 0.1) is 10.5 Å². The van der Waals surface area contributed by atoms with Gasteiger partial charge in [-0.05, 0) is 61.7 Å². The number of hydrogen-bond donors (Lipinski definition) is 1. The Kier molecular flexibility index (Phi) is 10.6. The van der Waals surface area contributed by atoms with Crippen molar-refractivity contribution < 1.29 is 38.4 Å². The summed E-state index contributed by atoms with van der Waals surface area (Å²) in [6, 6.07) is 16.1. The van der Waals surface area contributed by atoms with Crippen molar-refractivity contribution in [1.29, 1.82) is 0 Å². The van der Waals surface area contributed by atoms with Gasteiger partial charge in [-0.2, -0.15) is 0 Å². The van der Waals surface area contributed by atoms with Gasteiger partial charge in [-0.15, -0.1) is 0 Å². The van der Waals surface area contributed by atoms with Crippen LogP contribution in [0.15, 0.2) is 66.7 Å². The van der Waals surface area contributed by atoms with Crippen LogP contribution in [0, 0.1) is 24.0 Å². The number of carbonyl (C=O) groups is 5. The van der Waals surface area contributed by atoms with Gasteiger partial charge in [0.1, 0.15) is 0 Å². The Bertz CT molecular complexity index is 1480. The molecule has 41 heavy (non-hydrogen) atoms. The predicted octanol–water partition coefficient (Wildman–Crippen LogP) is 4.79. The van der Waals surface area contributed by atoms with Crippen molar-refractivity contribution in [3.05, 3.63) is 105 Å². The van der Waals surface area contributed by atoms with Crippen LogP contribution in [0.3, 0.4) is 0 Å². The van der Waals surface area contributed by atoms with Crippen LogP contribution in [0.1, 0.15) is 61.5 Å². The van der Waals surface area contributed by atoms with Crippen LogP contribution in [0.4, 0.5) is 11.4 Å². The average Bonchev–Trinajstić information content (AvgIpc) is 2.96. The number of aryl methyl sites for hydroxylation is 2. The molecule has 0 saturated heterocycles. The van der Waals surface area contributed by atoms with Gasteiger partial charge in [-0.25, -0.2) is 4.79 Å². The first-order valence-corrected chi connectivity index (χ1v) is 12.6. The Morgan fingerprint density at radius 2 is 1.39 bits per heavy atom. The largest absolute Gasteiger partial charge is 0.457 e. The minimum Gasteiger partial charge on any atom is -0.457 e. The molecule has 0 aliphatic carbocycles. The third-order valence-electron chi connectivity index (χ3n) is 6.10. The number of nitrogens with zero attached hydrogens (tertiary/aromatic N) is 1. The molecule has 0 aliphatic heterocycles. The van der Waals surface area contributed by atoms with Gasteiger partial charge in [0, 0.05) is 41.8 Å². The summed E-state index contributed by atoms with van der Waals surface area (Å²) in [5, 5.41) is 13.5. The van der Waals surface area contributed by atoms with E-state index in [-0.39, 0.29) is 54.4 Å². The average molecular weight is 561 g/mol. The lowest BCUT2D eigenvalue weighted by Crippen LogP contribution is -2.16. The monoisotopic (exact) mass is 560 g/mol. The molecular weight excluding hydrogens is 532 g/mol. The molecule has 11 nitrogen and oxygen atoms in total. The Hall–Kier alpha value is -5.19. The first kappa shape index (κ1) is 30.4. The molecule has 0 heterocycles. The molecule has 0 radical (unpaired) electrons. The Morgan fingerprint density at radius 3 is 2.05 bits per heavy atom. The number of esters is 2. The highest BCUT2D eigenvalue weighted by atomic mass is 16.6. The van der Waals surface area contributed by atoms with Crippen LogP contribution >= 0.6 is 0 Å². The second-order valence-corrected chi connectivity index (χ2v) is 9.17. The molecule has 1 N–H and O–H groups in total. The zero-order valence-electron chi connectivity index (χ0n) is 22.5. The third kappa shape index (κ3) is 9.20. The van der Waals surface area contributed by atoms with Crippen molar-refractivity contribution in [3.8, 4) is 0 Å². The lowest BCUT2D eigenvalue weighted by molar-refractivity contribution is -0.384. The minimum atomic E-state index is -0.781. The highest BCUT2D eigenvalue weighted by Gasteiger charge is 2.16. The lowest BCUT2D eigenvalue weighted by atomic mass is 10.0. The topological polar surface area (TPSA) is 159 Å². The number of rotatable bonds is 13. The zero-order valence-corrected chi connectivity index (χ0v) is 22.5. The molecule has 3 aromatic rings. The van der Waals surface area contributed by atoms with Crippen LogP contribution in [-0.4, -0.2) is 47.5 Å². The number of nitrogens with one attached hydrogen (secondary N) is 1. The molecular formula is C30H28N2O9. The maximum absolute atomic E-state index is 12.3. The molecule has 212 valence electrons. The summed E-state index contributed by atoms with van der Waals surface area (Å²) in [5.74, 6) is -2.62. The molecule has 3 aromatic carbocycles. The van der Waals surface area contributed by atoms with Crippen molar-refractivity contribution in [2.75, 3.05) is 18.5 Å². The zero-order chi connectivity index (χ0) is 29.9. The second kappa shape index (κ2) is 14.3. The number of nitro groups is 1. The number of amides is 1. The van der Waals surface area contributed by atoms with Gasteiger partial charge < -0.3 is 14.8 Å². The fourth-order valence-corrected chi connectivity index (χ4v) is 3.61. The van der Waals surface area contributed by atoms with Crippen molar-refractivity contribution in [2.24, 2.45) is 0 Å². The number of ether oxygens (including phenoxy) is 2. The fourth-order valence-electron chi connectivity index (χ4n) is 3.61. The van der Waals surface area contributed by atoms with Crippen LogP contribution < -0.4 is 5.32 Å². The van der Waals surface area contributed by atoms with E-state index in [9.17, 15) is 34.1 Å². The summed E-state index contributed by atoms with van der Waals surface area (Å²) in [6.45, 7) is 2.86. The summed E-state index contributed by atoms with van der Waals surface area (Å²) in [7, 11) is 0. The highest BCUT2D eigenvalue weighted by molar-refractivity contribution is 6.00. The van der Waals surface area contributed by atoms with Gasteiger partial charge in [0.15, 0.2) is 19.0 Å². The third-order valence-corrected chi connectivity index (χ3v) is 6.10. The van der Waals surface area contributed by atoms with E-state index in [1.165, 1.54) is 42.5 Å².